The molecule has 7 heteroatoms. The number of nitrogens with zero attached hydrogens (tertiary/aromatic N) is 2. The van der Waals surface area contributed by atoms with Crippen LogP contribution in [0.4, 0.5) is 0 Å². The van der Waals surface area contributed by atoms with Crippen LogP contribution in [0, 0.1) is 0 Å². The molecule has 2 aromatic rings. The average Bonchev–Trinajstić information content (AvgIpc) is 3.24. The normalized spacial score (nSPS) is 18.9. The van der Waals surface area contributed by atoms with Crippen LogP contribution in [0.15, 0.2) is 54.6 Å². The summed E-state index contributed by atoms with van der Waals surface area (Å²) in [6.45, 7) is 3.92. The van der Waals surface area contributed by atoms with Gasteiger partial charge in [-0.2, -0.15) is 0 Å². The fourth-order valence-electron chi connectivity index (χ4n) is 4.53. The van der Waals surface area contributed by atoms with Crippen molar-refractivity contribution < 1.29 is 14.4 Å². The summed E-state index contributed by atoms with van der Waals surface area (Å²) >= 11 is 0. The Hall–Kier alpha value is -3.19. The molecule has 0 spiro atoms. The highest BCUT2D eigenvalue weighted by molar-refractivity contribution is 5.88. The van der Waals surface area contributed by atoms with Crippen molar-refractivity contribution in [2.45, 2.75) is 38.3 Å². The van der Waals surface area contributed by atoms with Gasteiger partial charge in [0.25, 0.3) is 0 Å². The van der Waals surface area contributed by atoms with Crippen molar-refractivity contribution in [1.29, 1.82) is 0 Å². The summed E-state index contributed by atoms with van der Waals surface area (Å²) in [5.74, 6) is -0.0261. The number of hydrogen-bond acceptors (Lipinski definition) is 4. The van der Waals surface area contributed by atoms with Crippen LogP contribution in [0.1, 0.15) is 31.2 Å². The van der Waals surface area contributed by atoms with E-state index in [0.717, 1.165) is 30.5 Å². The lowest BCUT2D eigenvalue weighted by molar-refractivity contribution is -0.134. The van der Waals surface area contributed by atoms with E-state index in [0.29, 0.717) is 39.1 Å². The van der Waals surface area contributed by atoms with E-state index in [-0.39, 0.29) is 24.1 Å². The molecule has 33 heavy (non-hydrogen) atoms. The average molecular weight is 449 g/mol. The van der Waals surface area contributed by atoms with Crippen molar-refractivity contribution in [1.82, 2.24) is 20.4 Å². The Morgan fingerprint density at radius 1 is 1.00 bits per heavy atom. The molecule has 2 aromatic carbocycles. The van der Waals surface area contributed by atoms with Gasteiger partial charge in [0, 0.05) is 45.7 Å². The number of benzene rings is 2. The standard InChI is InChI=1S/C26H32N4O3/c31-24(27-13-5-16-29-15-4-8-25(29)32)18-23-26(33)28-14-17-30(23)19-20-9-11-22(12-10-20)21-6-2-1-3-7-21/h1-3,6-7,9-12,23H,4-5,8,13-19H2,(H,27,31)(H,28,33)/t23-/m1/s1. The van der Waals surface area contributed by atoms with Crippen molar-refractivity contribution >= 4 is 17.7 Å². The first-order chi connectivity index (χ1) is 16.1. The molecule has 174 valence electrons. The Morgan fingerprint density at radius 2 is 1.76 bits per heavy atom. The van der Waals surface area contributed by atoms with Crippen molar-refractivity contribution in [3.05, 3.63) is 60.2 Å². The second kappa shape index (κ2) is 11.1. The van der Waals surface area contributed by atoms with Crippen LogP contribution >= 0.6 is 0 Å². The van der Waals surface area contributed by atoms with E-state index in [4.69, 9.17) is 0 Å². The Balaban J connectivity index is 1.28. The molecule has 1 atom stereocenters. The van der Waals surface area contributed by atoms with Crippen molar-refractivity contribution in [3.8, 4) is 11.1 Å². The van der Waals surface area contributed by atoms with Gasteiger partial charge in [0.15, 0.2) is 0 Å². The Morgan fingerprint density at radius 3 is 2.48 bits per heavy atom. The molecule has 0 unspecified atom stereocenters. The predicted molar refractivity (Wildman–Crippen MR) is 127 cm³/mol. The maximum Gasteiger partial charge on any atom is 0.237 e. The molecule has 0 bridgehead atoms. The molecule has 7 nitrogen and oxygen atoms in total. The van der Waals surface area contributed by atoms with Gasteiger partial charge in [-0.25, -0.2) is 0 Å². The second-order valence-corrected chi connectivity index (χ2v) is 8.73. The monoisotopic (exact) mass is 448 g/mol. The third kappa shape index (κ3) is 6.20. The highest BCUT2D eigenvalue weighted by Gasteiger charge is 2.31. The first-order valence-electron chi connectivity index (χ1n) is 11.8. The van der Waals surface area contributed by atoms with Gasteiger partial charge in [-0.1, -0.05) is 54.6 Å². The zero-order valence-corrected chi connectivity index (χ0v) is 19.0. The molecule has 2 heterocycles. The number of rotatable bonds is 9. The van der Waals surface area contributed by atoms with Crippen molar-refractivity contribution in [2.75, 3.05) is 32.7 Å². The summed E-state index contributed by atoms with van der Waals surface area (Å²) in [5, 5.41) is 5.80. The fraction of sp³-hybridized carbons (Fsp3) is 0.423. The summed E-state index contributed by atoms with van der Waals surface area (Å²) in [6, 6.07) is 18.1. The van der Waals surface area contributed by atoms with Gasteiger partial charge in [-0.15, -0.1) is 0 Å². The summed E-state index contributed by atoms with van der Waals surface area (Å²) in [4.78, 5) is 40.7. The largest absolute Gasteiger partial charge is 0.356 e. The van der Waals surface area contributed by atoms with Gasteiger partial charge in [-0.3, -0.25) is 19.3 Å². The van der Waals surface area contributed by atoms with Gasteiger partial charge >= 0.3 is 0 Å². The topological polar surface area (TPSA) is 81.8 Å². The molecule has 3 amide bonds. The number of hydrogen-bond donors (Lipinski definition) is 2. The number of nitrogens with one attached hydrogen (secondary N) is 2. The summed E-state index contributed by atoms with van der Waals surface area (Å²) in [6.07, 6.45) is 2.42. The summed E-state index contributed by atoms with van der Waals surface area (Å²) in [7, 11) is 0. The second-order valence-electron chi connectivity index (χ2n) is 8.73. The molecular weight excluding hydrogens is 416 g/mol. The minimum absolute atomic E-state index is 0.0973. The number of carbonyl (C=O) groups excluding carboxylic acids is 3. The van der Waals surface area contributed by atoms with Crippen LogP contribution in [0.3, 0.4) is 0 Å². The third-order valence-corrected chi connectivity index (χ3v) is 6.37. The molecule has 2 aliphatic heterocycles. The summed E-state index contributed by atoms with van der Waals surface area (Å²) < 4.78 is 0. The molecule has 0 radical (unpaired) electrons. The van der Waals surface area contributed by atoms with Gasteiger partial charge in [0.1, 0.15) is 0 Å². The number of likely N-dealkylation sites (tertiary alicyclic amines) is 1. The highest BCUT2D eigenvalue weighted by atomic mass is 16.2. The first-order valence-corrected chi connectivity index (χ1v) is 11.8. The third-order valence-electron chi connectivity index (χ3n) is 6.37. The van der Waals surface area contributed by atoms with Gasteiger partial charge in [-0.05, 0) is 29.5 Å². The smallest absolute Gasteiger partial charge is 0.237 e. The molecule has 0 aromatic heterocycles. The van der Waals surface area contributed by atoms with E-state index in [2.05, 4.69) is 51.9 Å². The zero-order valence-electron chi connectivity index (χ0n) is 19.0. The number of amides is 3. The minimum atomic E-state index is -0.479. The van der Waals surface area contributed by atoms with E-state index in [1.54, 1.807) is 0 Å². The number of piperazine rings is 1. The van der Waals surface area contributed by atoms with Crippen LogP contribution in [-0.4, -0.2) is 66.3 Å². The Bertz CT molecular complexity index is 961. The SMILES string of the molecule is O=C(C[C@@H]1C(=O)NCCN1Cc1ccc(-c2ccccc2)cc1)NCCCN1CCCC1=O. The predicted octanol–water partition coefficient (Wildman–Crippen LogP) is 2.17. The first kappa shape index (κ1) is 23.0. The fourth-order valence-corrected chi connectivity index (χ4v) is 4.53. The Labute approximate surface area is 195 Å². The minimum Gasteiger partial charge on any atom is -0.356 e. The van der Waals surface area contributed by atoms with Gasteiger partial charge in [0.2, 0.25) is 17.7 Å². The molecule has 4 rings (SSSR count). The van der Waals surface area contributed by atoms with Crippen LogP contribution in [0.2, 0.25) is 0 Å². The molecule has 2 N–H and O–H groups in total. The van der Waals surface area contributed by atoms with Crippen LogP contribution in [0.25, 0.3) is 11.1 Å². The molecule has 2 aliphatic rings. The zero-order chi connectivity index (χ0) is 23.0. The lowest BCUT2D eigenvalue weighted by Crippen LogP contribution is -2.56. The van der Waals surface area contributed by atoms with Crippen LogP contribution in [0.5, 0.6) is 0 Å². The van der Waals surface area contributed by atoms with E-state index in [1.807, 2.05) is 23.1 Å². The van der Waals surface area contributed by atoms with Gasteiger partial charge < -0.3 is 15.5 Å². The van der Waals surface area contributed by atoms with E-state index < -0.39 is 6.04 Å². The summed E-state index contributed by atoms with van der Waals surface area (Å²) in [5.41, 5.74) is 3.44. The molecule has 0 aliphatic carbocycles. The quantitative estimate of drug-likeness (QED) is 0.576. The highest BCUT2D eigenvalue weighted by Crippen LogP contribution is 2.21. The number of carbonyl (C=O) groups is 3. The molecule has 2 fully saturated rings. The Kier molecular flexibility index (Phi) is 7.73. The van der Waals surface area contributed by atoms with Crippen LogP contribution < -0.4 is 10.6 Å². The van der Waals surface area contributed by atoms with Crippen molar-refractivity contribution in [2.24, 2.45) is 0 Å². The maximum atomic E-state index is 12.5. The van der Waals surface area contributed by atoms with Crippen molar-refractivity contribution in [3.63, 3.8) is 0 Å². The lowest BCUT2D eigenvalue weighted by atomic mass is 10.0. The van der Waals surface area contributed by atoms with Gasteiger partial charge in [0.05, 0.1) is 12.5 Å². The van der Waals surface area contributed by atoms with E-state index in [1.165, 1.54) is 5.56 Å². The van der Waals surface area contributed by atoms with E-state index >= 15 is 0 Å². The maximum absolute atomic E-state index is 12.5. The molecule has 2 saturated heterocycles. The van der Waals surface area contributed by atoms with E-state index in [9.17, 15) is 14.4 Å². The van der Waals surface area contributed by atoms with Crippen LogP contribution in [-0.2, 0) is 20.9 Å². The lowest BCUT2D eigenvalue weighted by Gasteiger charge is -2.34. The molecule has 0 saturated carbocycles. The molecular formula is C26H32N4O3.